The largest absolute Gasteiger partial charge is 0.459 e. The third-order valence-corrected chi connectivity index (χ3v) is 3.60. The summed E-state index contributed by atoms with van der Waals surface area (Å²) < 4.78 is 10.5. The molecule has 18 heavy (non-hydrogen) atoms. The van der Waals surface area contributed by atoms with E-state index < -0.39 is 5.54 Å². The summed E-state index contributed by atoms with van der Waals surface area (Å²) in [5.41, 5.74) is 5.99. The minimum absolute atomic E-state index is 0.407. The van der Waals surface area contributed by atoms with Crippen LogP contribution >= 0.6 is 0 Å². The second kappa shape index (κ2) is 4.57. The molecular formula is C13H17N3O2. The number of furan rings is 1. The minimum Gasteiger partial charge on any atom is -0.459 e. The number of hydrogen-bond donors (Lipinski definition) is 1. The van der Waals surface area contributed by atoms with Crippen molar-refractivity contribution in [3.05, 3.63) is 24.2 Å². The number of aromatic nitrogens is 2. The lowest BCUT2D eigenvalue weighted by Crippen LogP contribution is -2.37. The van der Waals surface area contributed by atoms with Crippen LogP contribution in [0.3, 0.4) is 0 Å². The normalized spacial score (nSPS) is 19.6. The first-order valence-electron chi connectivity index (χ1n) is 6.45. The van der Waals surface area contributed by atoms with Gasteiger partial charge in [0.25, 0.3) is 5.89 Å². The molecule has 3 rings (SSSR count). The Morgan fingerprint density at radius 3 is 2.61 bits per heavy atom. The van der Waals surface area contributed by atoms with Crippen LogP contribution in [0.4, 0.5) is 0 Å². The average Bonchev–Trinajstić information content (AvgIpc) is 3.00. The van der Waals surface area contributed by atoms with Gasteiger partial charge in [-0.05, 0) is 25.0 Å². The number of rotatable bonds is 2. The lowest BCUT2D eigenvalue weighted by Gasteiger charge is -2.23. The summed E-state index contributed by atoms with van der Waals surface area (Å²) >= 11 is 0. The summed E-state index contributed by atoms with van der Waals surface area (Å²) in [6.07, 6.45) is 8.16. The van der Waals surface area contributed by atoms with E-state index in [0.29, 0.717) is 17.5 Å². The van der Waals surface area contributed by atoms with E-state index in [1.807, 2.05) is 0 Å². The first kappa shape index (κ1) is 11.5. The molecule has 1 fully saturated rings. The van der Waals surface area contributed by atoms with E-state index in [4.69, 9.17) is 14.7 Å². The topological polar surface area (TPSA) is 78.1 Å². The van der Waals surface area contributed by atoms with Crippen LogP contribution in [-0.4, -0.2) is 10.1 Å². The minimum atomic E-state index is -0.440. The molecule has 0 bridgehead atoms. The molecule has 0 spiro atoms. The van der Waals surface area contributed by atoms with E-state index in [0.717, 1.165) is 25.7 Å². The summed E-state index contributed by atoms with van der Waals surface area (Å²) in [6, 6.07) is 3.59. The Balaban J connectivity index is 1.88. The van der Waals surface area contributed by atoms with Gasteiger partial charge in [0.05, 0.1) is 11.8 Å². The predicted molar refractivity (Wildman–Crippen MR) is 65.6 cm³/mol. The summed E-state index contributed by atoms with van der Waals surface area (Å²) in [5, 5.41) is 4.04. The molecule has 2 aromatic rings. The summed E-state index contributed by atoms with van der Waals surface area (Å²) in [7, 11) is 0. The summed E-state index contributed by atoms with van der Waals surface area (Å²) in [4.78, 5) is 4.39. The van der Waals surface area contributed by atoms with Gasteiger partial charge in [-0.3, -0.25) is 0 Å². The van der Waals surface area contributed by atoms with Gasteiger partial charge >= 0.3 is 0 Å². The van der Waals surface area contributed by atoms with E-state index in [1.165, 1.54) is 12.8 Å². The highest BCUT2D eigenvalue weighted by Gasteiger charge is 2.33. The van der Waals surface area contributed by atoms with Crippen LogP contribution in [0.15, 0.2) is 27.3 Å². The molecule has 1 aliphatic carbocycles. The van der Waals surface area contributed by atoms with E-state index in [2.05, 4.69) is 10.1 Å². The van der Waals surface area contributed by atoms with Crippen LogP contribution in [0.2, 0.25) is 0 Å². The third kappa shape index (κ3) is 2.06. The molecule has 0 aliphatic heterocycles. The van der Waals surface area contributed by atoms with Crippen molar-refractivity contribution in [3.63, 3.8) is 0 Å². The molecule has 2 N–H and O–H groups in total. The lowest BCUT2D eigenvalue weighted by atomic mass is 9.91. The molecular weight excluding hydrogens is 230 g/mol. The van der Waals surface area contributed by atoms with Crippen molar-refractivity contribution in [2.45, 2.75) is 44.1 Å². The molecule has 0 unspecified atom stereocenters. The smallest absolute Gasteiger partial charge is 0.293 e. The molecule has 5 nitrogen and oxygen atoms in total. The van der Waals surface area contributed by atoms with Gasteiger partial charge in [0.15, 0.2) is 11.6 Å². The second-order valence-electron chi connectivity index (χ2n) is 4.97. The molecule has 0 aromatic carbocycles. The van der Waals surface area contributed by atoms with Crippen LogP contribution in [0, 0.1) is 0 Å². The number of nitrogens with two attached hydrogens (primary N) is 1. The van der Waals surface area contributed by atoms with Gasteiger partial charge in [-0.25, -0.2) is 0 Å². The van der Waals surface area contributed by atoms with Crippen LogP contribution in [0.25, 0.3) is 11.7 Å². The van der Waals surface area contributed by atoms with E-state index >= 15 is 0 Å². The van der Waals surface area contributed by atoms with E-state index in [9.17, 15) is 0 Å². The molecule has 0 amide bonds. The first-order chi connectivity index (χ1) is 8.78. The maximum absolute atomic E-state index is 6.43. The monoisotopic (exact) mass is 247 g/mol. The molecule has 0 atom stereocenters. The Labute approximate surface area is 105 Å². The van der Waals surface area contributed by atoms with Gasteiger partial charge < -0.3 is 14.7 Å². The Kier molecular flexibility index (Phi) is 2.91. The maximum Gasteiger partial charge on any atom is 0.293 e. The van der Waals surface area contributed by atoms with Crippen LogP contribution in [-0.2, 0) is 5.54 Å². The molecule has 96 valence electrons. The van der Waals surface area contributed by atoms with Gasteiger partial charge in [-0.2, -0.15) is 4.98 Å². The Morgan fingerprint density at radius 1 is 1.17 bits per heavy atom. The molecule has 1 aliphatic rings. The zero-order chi connectivity index (χ0) is 12.4. The van der Waals surface area contributed by atoms with E-state index in [-0.39, 0.29) is 0 Å². The van der Waals surface area contributed by atoms with Crippen LogP contribution in [0.1, 0.15) is 44.3 Å². The third-order valence-electron chi connectivity index (χ3n) is 3.60. The van der Waals surface area contributed by atoms with Crippen molar-refractivity contribution < 1.29 is 8.94 Å². The van der Waals surface area contributed by atoms with E-state index in [1.54, 1.807) is 18.4 Å². The molecule has 2 aromatic heterocycles. The lowest BCUT2D eigenvalue weighted by molar-refractivity contribution is 0.333. The fourth-order valence-corrected chi connectivity index (χ4v) is 2.51. The van der Waals surface area contributed by atoms with Gasteiger partial charge in [0, 0.05) is 0 Å². The van der Waals surface area contributed by atoms with Crippen molar-refractivity contribution in [1.29, 1.82) is 0 Å². The highest BCUT2D eigenvalue weighted by Crippen LogP contribution is 2.33. The van der Waals surface area contributed by atoms with Crippen molar-refractivity contribution in [2.75, 3.05) is 0 Å². The molecule has 0 saturated heterocycles. The van der Waals surface area contributed by atoms with Crippen LogP contribution in [0.5, 0.6) is 0 Å². The van der Waals surface area contributed by atoms with Gasteiger partial charge in [0.2, 0.25) is 0 Å². The van der Waals surface area contributed by atoms with Gasteiger partial charge in [-0.1, -0.05) is 30.8 Å². The fourth-order valence-electron chi connectivity index (χ4n) is 2.51. The zero-order valence-corrected chi connectivity index (χ0v) is 10.3. The van der Waals surface area contributed by atoms with Crippen LogP contribution < -0.4 is 5.73 Å². The maximum atomic E-state index is 6.43. The van der Waals surface area contributed by atoms with Crippen molar-refractivity contribution in [3.8, 4) is 11.7 Å². The summed E-state index contributed by atoms with van der Waals surface area (Å²) in [6.45, 7) is 0. The highest BCUT2D eigenvalue weighted by atomic mass is 16.5. The standard InChI is InChI=1S/C13H17N3O2/c14-13(7-3-1-2-4-8-13)12-15-11(18-16-12)10-6-5-9-17-10/h5-6,9H,1-4,7-8,14H2. The Bertz CT molecular complexity index is 496. The quantitative estimate of drug-likeness (QED) is 0.825. The fraction of sp³-hybridized carbons (Fsp3) is 0.538. The van der Waals surface area contributed by atoms with Crippen molar-refractivity contribution in [1.82, 2.24) is 10.1 Å². The molecule has 0 radical (unpaired) electrons. The molecule has 2 heterocycles. The van der Waals surface area contributed by atoms with Crippen molar-refractivity contribution >= 4 is 0 Å². The Hall–Kier alpha value is -1.62. The predicted octanol–water partition coefficient (Wildman–Crippen LogP) is 2.84. The second-order valence-corrected chi connectivity index (χ2v) is 4.97. The van der Waals surface area contributed by atoms with Gasteiger partial charge in [0.1, 0.15) is 0 Å². The average molecular weight is 247 g/mol. The highest BCUT2D eigenvalue weighted by molar-refractivity contribution is 5.43. The van der Waals surface area contributed by atoms with Gasteiger partial charge in [-0.15, -0.1) is 0 Å². The summed E-state index contributed by atoms with van der Waals surface area (Å²) in [5.74, 6) is 1.60. The first-order valence-corrected chi connectivity index (χ1v) is 6.45. The molecule has 1 saturated carbocycles. The number of hydrogen-bond acceptors (Lipinski definition) is 5. The SMILES string of the molecule is NC1(c2noc(-c3ccco3)n2)CCCCCC1. The van der Waals surface area contributed by atoms with Crippen molar-refractivity contribution in [2.24, 2.45) is 5.73 Å². The Morgan fingerprint density at radius 2 is 1.94 bits per heavy atom. The number of nitrogens with zero attached hydrogens (tertiary/aromatic N) is 2. The zero-order valence-electron chi connectivity index (χ0n) is 10.3. The molecule has 5 heteroatoms.